The lowest BCUT2D eigenvalue weighted by molar-refractivity contribution is -0.138. The summed E-state index contributed by atoms with van der Waals surface area (Å²) in [5.41, 5.74) is 0.228. The lowest BCUT2D eigenvalue weighted by Gasteiger charge is -2.21. The zero-order valence-corrected chi connectivity index (χ0v) is 11.0. The second kappa shape index (κ2) is 6.33. The van der Waals surface area contributed by atoms with Gasteiger partial charge in [0.05, 0.1) is 18.3 Å². The normalized spacial score (nSPS) is 16.7. The van der Waals surface area contributed by atoms with Gasteiger partial charge in [0.25, 0.3) is 5.91 Å². The van der Waals surface area contributed by atoms with Crippen LogP contribution in [0.5, 0.6) is 5.75 Å². The number of carboxylic acids is 1. The molecule has 0 bridgehead atoms. The molecule has 0 aliphatic carbocycles. The second-order valence-corrected chi connectivity index (χ2v) is 4.71. The predicted octanol–water partition coefficient (Wildman–Crippen LogP) is 0.0197. The molecular formula is C13H17N3O4. The lowest BCUT2D eigenvalue weighted by Crippen LogP contribution is -2.36. The van der Waals surface area contributed by atoms with E-state index in [9.17, 15) is 14.7 Å². The fourth-order valence-corrected chi connectivity index (χ4v) is 2.26. The SMILES string of the molecule is O=C(O)CN1CCCN(C(=O)c2ccncc2O)CC1. The first-order chi connectivity index (χ1) is 9.58. The predicted molar refractivity (Wildman–Crippen MR) is 70.5 cm³/mol. The highest BCUT2D eigenvalue weighted by atomic mass is 16.4. The van der Waals surface area contributed by atoms with Crippen LogP contribution >= 0.6 is 0 Å². The van der Waals surface area contributed by atoms with E-state index in [1.54, 1.807) is 4.90 Å². The van der Waals surface area contributed by atoms with Crippen molar-refractivity contribution in [2.45, 2.75) is 6.42 Å². The Labute approximate surface area is 116 Å². The number of aromatic nitrogens is 1. The Bertz CT molecular complexity index is 506. The third-order valence-electron chi connectivity index (χ3n) is 3.27. The molecule has 20 heavy (non-hydrogen) atoms. The molecule has 0 saturated carbocycles. The molecule has 2 rings (SSSR count). The van der Waals surface area contributed by atoms with Gasteiger partial charge in [-0.3, -0.25) is 19.5 Å². The van der Waals surface area contributed by atoms with Gasteiger partial charge in [-0.2, -0.15) is 0 Å². The minimum Gasteiger partial charge on any atom is -0.505 e. The number of aromatic hydroxyl groups is 1. The smallest absolute Gasteiger partial charge is 0.317 e. The number of hydrogen-bond donors (Lipinski definition) is 2. The fourth-order valence-electron chi connectivity index (χ4n) is 2.26. The minimum atomic E-state index is -0.864. The van der Waals surface area contributed by atoms with Gasteiger partial charge < -0.3 is 15.1 Å². The molecule has 2 heterocycles. The maximum absolute atomic E-state index is 12.3. The third kappa shape index (κ3) is 3.45. The summed E-state index contributed by atoms with van der Waals surface area (Å²) in [6.45, 7) is 2.16. The number of amides is 1. The van der Waals surface area contributed by atoms with Crippen molar-refractivity contribution in [1.29, 1.82) is 0 Å². The molecule has 2 N–H and O–H groups in total. The van der Waals surface area contributed by atoms with Crippen molar-refractivity contribution in [1.82, 2.24) is 14.8 Å². The van der Waals surface area contributed by atoms with E-state index in [0.29, 0.717) is 32.6 Å². The summed E-state index contributed by atoms with van der Waals surface area (Å²) in [4.78, 5) is 30.2. The van der Waals surface area contributed by atoms with Crippen molar-refractivity contribution in [3.05, 3.63) is 24.0 Å². The molecule has 0 radical (unpaired) electrons. The number of hydrogen-bond acceptors (Lipinski definition) is 5. The maximum Gasteiger partial charge on any atom is 0.317 e. The number of nitrogens with zero attached hydrogens (tertiary/aromatic N) is 3. The largest absolute Gasteiger partial charge is 0.505 e. The highest BCUT2D eigenvalue weighted by Gasteiger charge is 2.22. The average Bonchev–Trinajstić information content (AvgIpc) is 2.63. The van der Waals surface area contributed by atoms with E-state index in [0.717, 1.165) is 0 Å². The monoisotopic (exact) mass is 279 g/mol. The van der Waals surface area contributed by atoms with Crippen LogP contribution in [0.25, 0.3) is 0 Å². The molecule has 0 unspecified atom stereocenters. The van der Waals surface area contributed by atoms with Crippen LogP contribution in [0.15, 0.2) is 18.5 Å². The van der Waals surface area contributed by atoms with Crippen molar-refractivity contribution in [3.8, 4) is 5.75 Å². The van der Waals surface area contributed by atoms with Crippen LogP contribution in [-0.2, 0) is 4.79 Å². The third-order valence-corrected chi connectivity index (χ3v) is 3.27. The van der Waals surface area contributed by atoms with Crippen molar-refractivity contribution >= 4 is 11.9 Å². The summed E-state index contributed by atoms with van der Waals surface area (Å²) in [5, 5.41) is 18.4. The van der Waals surface area contributed by atoms with Gasteiger partial charge in [-0.15, -0.1) is 0 Å². The van der Waals surface area contributed by atoms with Gasteiger partial charge in [0.1, 0.15) is 5.75 Å². The van der Waals surface area contributed by atoms with Crippen LogP contribution in [0.1, 0.15) is 16.8 Å². The van der Waals surface area contributed by atoms with Crippen LogP contribution in [0.3, 0.4) is 0 Å². The van der Waals surface area contributed by atoms with Crippen LogP contribution in [-0.4, -0.2) is 69.6 Å². The highest BCUT2D eigenvalue weighted by Crippen LogP contribution is 2.17. The molecule has 7 heteroatoms. The Morgan fingerprint density at radius 3 is 2.75 bits per heavy atom. The van der Waals surface area contributed by atoms with Crippen molar-refractivity contribution < 1.29 is 19.8 Å². The molecule has 1 amide bonds. The molecule has 0 atom stereocenters. The van der Waals surface area contributed by atoms with Crippen LogP contribution in [0.2, 0.25) is 0 Å². The highest BCUT2D eigenvalue weighted by molar-refractivity contribution is 5.96. The topological polar surface area (TPSA) is 94.0 Å². The maximum atomic E-state index is 12.3. The Hall–Kier alpha value is -2.15. The van der Waals surface area contributed by atoms with Gasteiger partial charge in [0.15, 0.2) is 0 Å². The minimum absolute atomic E-state index is 0.0114. The van der Waals surface area contributed by atoms with Gasteiger partial charge in [0.2, 0.25) is 0 Å². The number of aliphatic carboxylic acids is 1. The van der Waals surface area contributed by atoms with Crippen LogP contribution < -0.4 is 0 Å². The first-order valence-corrected chi connectivity index (χ1v) is 6.44. The molecule has 108 valence electrons. The number of pyridine rings is 1. The molecule has 7 nitrogen and oxygen atoms in total. The Kier molecular flexibility index (Phi) is 4.52. The van der Waals surface area contributed by atoms with E-state index in [1.807, 2.05) is 4.90 Å². The molecule has 0 spiro atoms. The zero-order valence-electron chi connectivity index (χ0n) is 11.0. The lowest BCUT2D eigenvalue weighted by atomic mass is 10.2. The Balaban J connectivity index is 2.02. The molecule has 1 saturated heterocycles. The summed E-state index contributed by atoms with van der Waals surface area (Å²) in [7, 11) is 0. The van der Waals surface area contributed by atoms with Gasteiger partial charge in [0, 0.05) is 32.4 Å². The molecule has 0 aromatic carbocycles. The average molecular weight is 279 g/mol. The van der Waals surface area contributed by atoms with Gasteiger partial charge >= 0.3 is 5.97 Å². The van der Waals surface area contributed by atoms with E-state index in [-0.39, 0.29) is 23.8 Å². The van der Waals surface area contributed by atoms with Gasteiger partial charge in [-0.1, -0.05) is 0 Å². The summed E-state index contributed by atoms with van der Waals surface area (Å²) in [6, 6.07) is 1.48. The fraction of sp³-hybridized carbons (Fsp3) is 0.462. The zero-order chi connectivity index (χ0) is 14.5. The quantitative estimate of drug-likeness (QED) is 0.810. The van der Waals surface area contributed by atoms with Gasteiger partial charge in [-0.05, 0) is 12.5 Å². The summed E-state index contributed by atoms with van der Waals surface area (Å²) < 4.78 is 0. The summed E-state index contributed by atoms with van der Waals surface area (Å²) >= 11 is 0. The summed E-state index contributed by atoms with van der Waals surface area (Å²) in [5.74, 6) is -1.25. The molecule has 1 fully saturated rings. The van der Waals surface area contributed by atoms with E-state index < -0.39 is 5.97 Å². The van der Waals surface area contributed by atoms with E-state index >= 15 is 0 Å². The number of carboxylic acid groups (broad SMARTS) is 1. The molecular weight excluding hydrogens is 262 g/mol. The van der Waals surface area contributed by atoms with Crippen molar-refractivity contribution in [2.75, 3.05) is 32.7 Å². The molecule has 1 aromatic heterocycles. The van der Waals surface area contributed by atoms with Gasteiger partial charge in [-0.25, -0.2) is 0 Å². The van der Waals surface area contributed by atoms with Crippen molar-refractivity contribution in [3.63, 3.8) is 0 Å². The van der Waals surface area contributed by atoms with Crippen LogP contribution in [0, 0.1) is 0 Å². The number of carbonyl (C=O) groups is 2. The van der Waals surface area contributed by atoms with E-state index in [1.165, 1.54) is 18.5 Å². The molecule has 1 aliphatic rings. The number of rotatable bonds is 3. The Morgan fingerprint density at radius 2 is 2.05 bits per heavy atom. The van der Waals surface area contributed by atoms with E-state index in [4.69, 9.17) is 5.11 Å². The van der Waals surface area contributed by atoms with Crippen molar-refractivity contribution in [2.24, 2.45) is 0 Å². The number of carbonyl (C=O) groups excluding carboxylic acids is 1. The molecule has 1 aromatic rings. The van der Waals surface area contributed by atoms with E-state index in [2.05, 4.69) is 4.98 Å². The molecule has 1 aliphatic heterocycles. The Morgan fingerprint density at radius 1 is 1.25 bits per heavy atom. The first-order valence-electron chi connectivity index (χ1n) is 6.44. The standard InChI is InChI=1S/C13H17N3O4/c17-11-8-14-3-2-10(11)13(20)16-5-1-4-15(6-7-16)9-12(18)19/h2-3,8,17H,1,4-7,9H2,(H,18,19). The second-order valence-electron chi connectivity index (χ2n) is 4.71. The summed E-state index contributed by atoms with van der Waals surface area (Å²) in [6.07, 6.45) is 3.41. The van der Waals surface area contributed by atoms with Crippen LogP contribution in [0.4, 0.5) is 0 Å². The first kappa shape index (κ1) is 14.3.